The molecule has 0 N–H and O–H groups in total. The van der Waals surface area contributed by atoms with Crippen LogP contribution in [-0.4, -0.2) is 32.7 Å². The van der Waals surface area contributed by atoms with Gasteiger partial charge in [0, 0.05) is 19.4 Å². The number of carbonyl (C=O) groups excluding carboxylic acids is 1. The third kappa shape index (κ3) is 2.80. The van der Waals surface area contributed by atoms with E-state index in [4.69, 9.17) is 11.6 Å². The Hall–Kier alpha value is -2.73. The predicted molar refractivity (Wildman–Crippen MR) is 88.1 cm³/mol. The van der Waals surface area contributed by atoms with Gasteiger partial charge in [0.05, 0.1) is 34.4 Å². The molecule has 3 heterocycles. The van der Waals surface area contributed by atoms with Gasteiger partial charge in [-0.1, -0.05) is 11.6 Å². The summed E-state index contributed by atoms with van der Waals surface area (Å²) in [6.07, 6.45) is 6.45. The fourth-order valence-electron chi connectivity index (χ4n) is 2.22. The lowest BCUT2D eigenvalue weighted by Crippen LogP contribution is -2.26. The van der Waals surface area contributed by atoms with E-state index >= 15 is 0 Å². The minimum Gasteiger partial charge on any atom is -0.310 e. The number of halogens is 1. The molecule has 3 aromatic heterocycles. The second-order valence-corrected chi connectivity index (χ2v) is 5.35. The van der Waals surface area contributed by atoms with Gasteiger partial charge in [0.25, 0.3) is 5.91 Å². The number of pyridine rings is 2. The normalized spacial score (nSPS) is 10.6. The van der Waals surface area contributed by atoms with Crippen molar-refractivity contribution in [3.8, 4) is 5.82 Å². The average Bonchev–Trinajstić information content (AvgIpc) is 2.96. The van der Waals surface area contributed by atoms with Crippen molar-refractivity contribution in [2.75, 3.05) is 11.9 Å². The number of hydrogen-bond donors (Lipinski definition) is 0. The molecule has 0 radical (unpaired) electrons. The van der Waals surface area contributed by atoms with Crippen LogP contribution in [-0.2, 0) is 0 Å². The molecule has 0 aliphatic carbocycles. The van der Waals surface area contributed by atoms with Gasteiger partial charge in [-0.25, -0.2) is 9.67 Å². The van der Waals surface area contributed by atoms with Crippen molar-refractivity contribution in [1.29, 1.82) is 0 Å². The molecular weight excluding hydrogens is 314 g/mol. The Kier molecular flexibility index (Phi) is 4.08. The quantitative estimate of drug-likeness (QED) is 0.742. The summed E-state index contributed by atoms with van der Waals surface area (Å²) in [7, 11) is 1.70. The van der Waals surface area contributed by atoms with Gasteiger partial charge in [0.1, 0.15) is 0 Å². The average molecular weight is 328 g/mol. The molecule has 0 fully saturated rings. The van der Waals surface area contributed by atoms with Crippen molar-refractivity contribution >= 4 is 23.2 Å². The van der Waals surface area contributed by atoms with E-state index in [9.17, 15) is 4.79 Å². The van der Waals surface area contributed by atoms with Crippen molar-refractivity contribution in [3.05, 3.63) is 65.3 Å². The van der Waals surface area contributed by atoms with Gasteiger partial charge < -0.3 is 4.90 Å². The SMILES string of the molecule is Cc1c(C(=O)N(C)c2cccnc2)cnn1-c1ncccc1Cl. The summed E-state index contributed by atoms with van der Waals surface area (Å²) < 4.78 is 1.56. The number of carbonyl (C=O) groups is 1. The molecule has 0 bridgehead atoms. The minimum atomic E-state index is -0.172. The number of rotatable bonds is 3. The van der Waals surface area contributed by atoms with Gasteiger partial charge >= 0.3 is 0 Å². The summed E-state index contributed by atoms with van der Waals surface area (Å²) in [6.45, 7) is 1.81. The monoisotopic (exact) mass is 327 g/mol. The highest BCUT2D eigenvalue weighted by Gasteiger charge is 2.20. The molecule has 7 heteroatoms. The zero-order valence-electron chi connectivity index (χ0n) is 12.6. The van der Waals surface area contributed by atoms with E-state index in [0.717, 1.165) is 0 Å². The van der Waals surface area contributed by atoms with Gasteiger partial charge in [0.15, 0.2) is 5.82 Å². The van der Waals surface area contributed by atoms with Gasteiger partial charge in [-0.2, -0.15) is 5.10 Å². The van der Waals surface area contributed by atoms with Crippen molar-refractivity contribution < 1.29 is 4.79 Å². The molecule has 0 aromatic carbocycles. The van der Waals surface area contributed by atoms with Gasteiger partial charge in [-0.15, -0.1) is 0 Å². The molecule has 0 atom stereocenters. The van der Waals surface area contributed by atoms with E-state index in [2.05, 4.69) is 15.1 Å². The first-order chi connectivity index (χ1) is 11.1. The van der Waals surface area contributed by atoms with Crippen LogP contribution in [0.4, 0.5) is 5.69 Å². The lowest BCUT2D eigenvalue weighted by molar-refractivity contribution is 0.0992. The number of anilines is 1. The standard InChI is InChI=1S/C16H14ClN5O/c1-11-13(16(23)21(2)12-5-3-7-18-9-12)10-20-22(11)15-14(17)6-4-8-19-15/h3-10H,1-2H3. The van der Waals surface area contributed by atoms with Crippen molar-refractivity contribution in [2.24, 2.45) is 0 Å². The Balaban J connectivity index is 1.96. The molecule has 0 saturated carbocycles. The molecule has 23 heavy (non-hydrogen) atoms. The van der Waals surface area contributed by atoms with Crippen LogP contribution in [0.1, 0.15) is 16.1 Å². The largest absolute Gasteiger partial charge is 0.310 e. The van der Waals surface area contributed by atoms with Crippen molar-refractivity contribution in [1.82, 2.24) is 19.7 Å². The highest BCUT2D eigenvalue weighted by molar-refractivity contribution is 6.32. The maximum atomic E-state index is 12.7. The smallest absolute Gasteiger partial charge is 0.261 e. The minimum absolute atomic E-state index is 0.172. The summed E-state index contributed by atoms with van der Waals surface area (Å²) in [5.41, 5.74) is 1.87. The molecule has 116 valence electrons. The molecule has 0 unspecified atom stereocenters. The Morgan fingerprint density at radius 3 is 2.70 bits per heavy atom. The first kappa shape index (κ1) is 15.2. The van der Waals surface area contributed by atoms with Crippen LogP contribution in [0.2, 0.25) is 5.02 Å². The van der Waals surface area contributed by atoms with E-state index in [1.165, 1.54) is 11.1 Å². The first-order valence-electron chi connectivity index (χ1n) is 6.93. The highest BCUT2D eigenvalue weighted by Crippen LogP contribution is 2.21. The summed E-state index contributed by atoms with van der Waals surface area (Å²) >= 11 is 6.15. The van der Waals surface area contributed by atoms with Gasteiger partial charge in [0.2, 0.25) is 0 Å². The Morgan fingerprint density at radius 2 is 2.00 bits per heavy atom. The molecule has 6 nitrogen and oxygen atoms in total. The maximum Gasteiger partial charge on any atom is 0.261 e. The van der Waals surface area contributed by atoms with Crippen LogP contribution >= 0.6 is 11.6 Å². The van der Waals surface area contributed by atoms with E-state index < -0.39 is 0 Å². The van der Waals surface area contributed by atoms with Crippen LogP contribution in [0.3, 0.4) is 0 Å². The molecule has 0 spiro atoms. The number of hydrogen-bond acceptors (Lipinski definition) is 4. The van der Waals surface area contributed by atoms with E-state index in [0.29, 0.717) is 27.8 Å². The fourth-order valence-corrected chi connectivity index (χ4v) is 2.42. The van der Waals surface area contributed by atoms with Crippen molar-refractivity contribution in [3.63, 3.8) is 0 Å². The van der Waals surface area contributed by atoms with Crippen LogP contribution in [0.15, 0.2) is 49.1 Å². The first-order valence-corrected chi connectivity index (χ1v) is 7.31. The maximum absolute atomic E-state index is 12.7. The van der Waals surface area contributed by atoms with Crippen LogP contribution in [0.5, 0.6) is 0 Å². The third-order valence-electron chi connectivity index (χ3n) is 3.52. The topological polar surface area (TPSA) is 63.9 Å². The van der Waals surface area contributed by atoms with Crippen LogP contribution < -0.4 is 4.90 Å². The van der Waals surface area contributed by atoms with Gasteiger partial charge in [-0.05, 0) is 31.2 Å². The second kappa shape index (κ2) is 6.18. The lowest BCUT2D eigenvalue weighted by atomic mass is 10.2. The Morgan fingerprint density at radius 1 is 1.22 bits per heavy atom. The van der Waals surface area contributed by atoms with Crippen LogP contribution in [0, 0.1) is 6.92 Å². The second-order valence-electron chi connectivity index (χ2n) is 4.94. The lowest BCUT2D eigenvalue weighted by Gasteiger charge is -2.16. The summed E-state index contributed by atoms with van der Waals surface area (Å²) in [5, 5.41) is 4.72. The molecule has 3 rings (SSSR count). The van der Waals surface area contributed by atoms with Crippen LogP contribution in [0.25, 0.3) is 5.82 Å². The number of nitrogens with zero attached hydrogens (tertiary/aromatic N) is 5. The molecule has 3 aromatic rings. The van der Waals surface area contributed by atoms with E-state index in [1.807, 2.05) is 13.0 Å². The number of aromatic nitrogens is 4. The van der Waals surface area contributed by atoms with Gasteiger partial charge in [-0.3, -0.25) is 9.78 Å². The third-order valence-corrected chi connectivity index (χ3v) is 3.81. The highest BCUT2D eigenvalue weighted by atomic mass is 35.5. The molecule has 0 aliphatic rings. The van der Waals surface area contributed by atoms with Crippen molar-refractivity contribution in [2.45, 2.75) is 6.92 Å². The molecule has 1 amide bonds. The predicted octanol–water partition coefficient (Wildman–Crippen LogP) is 2.90. The fraction of sp³-hybridized carbons (Fsp3) is 0.125. The Bertz CT molecular complexity index is 847. The summed E-state index contributed by atoms with van der Waals surface area (Å²) in [6, 6.07) is 7.07. The molecular formula is C16H14ClN5O. The zero-order valence-corrected chi connectivity index (χ0v) is 13.4. The zero-order chi connectivity index (χ0) is 16.4. The van der Waals surface area contributed by atoms with E-state index in [1.54, 1.807) is 48.5 Å². The summed E-state index contributed by atoms with van der Waals surface area (Å²) in [4.78, 5) is 22.5. The van der Waals surface area contributed by atoms with E-state index in [-0.39, 0.29) is 5.91 Å². The molecule has 0 saturated heterocycles. The Labute approximate surface area is 138 Å². The molecule has 0 aliphatic heterocycles. The number of amides is 1. The summed E-state index contributed by atoms with van der Waals surface area (Å²) in [5.74, 6) is 0.323.